The highest BCUT2D eigenvalue weighted by Gasteiger charge is 2.36. The molecule has 3 nitrogen and oxygen atoms in total. The molecule has 0 amide bonds. The van der Waals surface area contributed by atoms with E-state index in [1.165, 1.54) is 51.6 Å². The van der Waals surface area contributed by atoms with Crippen molar-refractivity contribution in [1.29, 1.82) is 0 Å². The van der Waals surface area contributed by atoms with Gasteiger partial charge in [-0.15, -0.1) is 0 Å². The normalized spacial score (nSPS) is 25.7. The number of likely N-dealkylation sites (tertiary alicyclic amines) is 1. The average Bonchev–Trinajstić information content (AvgIpc) is 2.81. The van der Waals surface area contributed by atoms with Crippen molar-refractivity contribution in [2.75, 3.05) is 33.4 Å². The Kier molecular flexibility index (Phi) is 5.46. The molecule has 106 valence electrons. The molecule has 2 aliphatic rings. The lowest BCUT2D eigenvalue weighted by molar-refractivity contribution is 0.102. The lowest BCUT2D eigenvalue weighted by Gasteiger charge is -2.40. The van der Waals surface area contributed by atoms with Crippen LogP contribution in [0.4, 0.5) is 0 Å². The molecule has 1 spiro atoms. The summed E-state index contributed by atoms with van der Waals surface area (Å²) in [6.07, 6.45) is 10.9. The Labute approximate surface area is 112 Å². The van der Waals surface area contributed by atoms with Crippen molar-refractivity contribution in [3.63, 3.8) is 0 Å². The van der Waals surface area contributed by atoms with E-state index in [4.69, 9.17) is 10.5 Å². The molecule has 18 heavy (non-hydrogen) atoms. The fourth-order valence-corrected chi connectivity index (χ4v) is 3.75. The van der Waals surface area contributed by atoms with Crippen LogP contribution in [0.25, 0.3) is 0 Å². The third-order valence-corrected chi connectivity index (χ3v) is 5.00. The van der Waals surface area contributed by atoms with E-state index in [1.807, 2.05) is 0 Å². The van der Waals surface area contributed by atoms with E-state index in [9.17, 15) is 0 Å². The molecule has 2 fully saturated rings. The molecule has 0 bridgehead atoms. The van der Waals surface area contributed by atoms with Crippen molar-refractivity contribution in [3.05, 3.63) is 0 Å². The number of rotatable bonds is 6. The van der Waals surface area contributed by atoms with E-state index in [0.717, 1.165) is 31.4 Å². The average molecular weight is 254 g/mol. The molecule has 0 aromatic rings. The van der Waals surface area contributed by atoms with Crippen LogP contribution in [0.15, 0.2) is 0 Å². The van der Waals surface area contributed by atoms with Crippen LogP contribution in [0, 0.1) is 5.41 Å². The van der Waals surface area contributed by atoms with Gasteiger partial charge >= 0.3 is 0 Å². The Morgan fingerprint density at radius 1 is 1.17 bits per heavy atom. The summed E-state index contributed by atoms with van der Waals surface area (Å²) in [5.41, 5.74) is 6.93. The molecule has 0 aromatic heterocycles. The molecule has 1 unspecified atom stereocenters. The summed E-state index contributed by atoms with van der Waals surface area (Å²) in [5, 5.41) is 0. The molecule has 3 heteroatoms. The maximum atomic E-state index is 6.19. The SMILES string of the molecule is COCCCC(N)CN1CCC2(CCCC2)CC1. The van der Waals surface area contributed by atoms with Crippen molar-refractivity contribution < 1.29 is 4.74 Å². The fourth-order valence-electron chi connectivity index (χ4n) is 3.75. The van der Waals surface area contributed by atoms with Gasteiger partial charge in [-0.2, -0.15) is 0 Å². The molecule has 1 saturated carbocycles. The van der Waals surface area contributed by atoms with E-state index < -0.39 is 0 Å². The summed E-state index contributed by atoms with van der Waals surface area (Å²) in [6.45, 7) is 4.48. The summed E-state index contributed by atoms with van der Waals surface area (Å²) >= 11 is 0. The number of nitrogens with two attached hydrogens (primary N) is 1. The Balaban J connectivity index is 1.63. The van der Waals surface area contributed by atoms with Crippen LogP contribution >= 0.6 is 0 Å². The lowest BCUT2D eigenvalue weighted by Crippen LogP contribution is -2.44. The minimum atomic E-state index is 0.331. The predicted molar refractivity (Wildman–Crippen MR) is 75.7 cm³/mol. The van der Waals surface area contributed by atoms with E-state index in [1.54, 1.807) is 7.11 Å². The van der Waals surface area contributed by atoms with Gasteiger partial charge in [-0.25, -0.2) is 0 Å². The van der Waals surface area contributed by atoms with Crippen molar-refractivity contribution in [2.24, 2.45) is 11.1 Å². The highest BCUT2D eigenvalue weighted by atomic mass is 16.5. The standard InChI is InChI=1S/C15H30N2O/c1-18-12-4-5-14(16)13-17-10-8-15(9-11-17)6-2-3-7-15/h14H,2-13,16H2,1H3. The second-order valence-corrected chi connectivity index (χ2v) is 6.40. The van der Waals surface area contributed by atoms with Gasteiger partial charge < -0.3 is 15.4 Å². The number of methoxy groups -OCH3 is 1. The molecule has 0 radical (unpaired) electrons. The number of hydrogen-bond donors (Lipinski definition) is 1. The number of piperidine rings is 1. The summed E-state index contributed by atoms with van der Waals surface area (Å²) in [7, 11) is 1.76. The van der Waals surface area contributed by atoms with Crippen LogP contribution in [0.1, 0.15) is 51.4 Å². The molecule has 1 atom stereocenters. The largest absolute Gasteiger partial charge is 0.385 e. The van der Waals surface area contributed by atoms with Crippen LogP contribution in [0.5, 0.6) is 0 Å². The Bertz CT molecular complexity index is 229. The van der Waals surface area contributed by atoms with Gasteiger partial charge in [0.05, 0.1) is 0 Å². The van der Waals surface area contributed by atoms with Gasteiger partial charge in [-0.05, 0) is 57.0 Å². The van der Waals surface area contributed by atoms with Crippen LogP contribution in [0.3, 0.4) is 0 Å². The summed E-state index contributed by atoms with van der Waals surface area (Å²) in [5.74, 6) is 0. The highest BCUT2D eigenvalue weighted by molar-refractivity contribution is 4.90. The number of hydrogen-bond acceptors (Lipinski definition) is 3. The van der Waals surface area contributed by atoms with Gasteiger partial charge in [0.1, 0.15) is 0 Å². The molecule has 0 aromatic carbocycles. The van der Waals surface area contributed by atoms with Gasteiger partial charge in [-0.3, -0.25) is 0 Å². The zero-order chi connectivity index (χ0) is 12.8. The molecule has 1 heterocycles. The summed E-state index contributed by atoms with van der Waals surface area (Å²) in [6, 6.07) is 0.331. The second kappa shape index (κ2) is 6.88. The Morgan fingerprint density at radius 2 is 1.83 bits per heavy atom. The van der Waals surface area contributed by atoms with Gasteiger partial charge in [0.15, 0.2) is 0 Å². The van der Waals surface area contributed by atoms with Crippen LogP contribution in [-0.2, 0) is 4.74 Å². The fraction of sp³-hybridized carbons (Fsp3) is 1.00. The quantitative estimate of drug-likeness (QED) is 0.740. The first kappa shape index (κ1) is 14.3. The molecular formula is C15H30N2O. The van der Waals surface area contributed by atoms with Gasteiger partial charge in [0.2, 0.25) is 0 Å². The molecule has 1 aliphatic carbocycles. The molecule has 2 N–H and O–H groups in total. The molecule has 1 saturated heterocycles. The van der Waals surface area contributed by atoms with E-state index >= 15 is 0 Å². The smallest absolute Gasteiger partial charge is 0.0462 e. The first-order valence-electron chi connectivity index (χ1n) is 7.71. The van der Waals surface area contributed by atoms with Crippen molar-refractivity contribution in [1.82, 2.24) is 4.90 Å². The molecular weight excluding hydrogens is 224 g/mol. The minimum absolute atomic E-state index is 0.331. The van der Waals surface area contributed by atoms with Crippen molar-refractivity contribution in [2.45, 2.75) is 57.4 Å². The van der Waals surface area contributed by atoms with Gasteiger partial charge in [-0.1, -0.05) is 12.8 Å². The third kappa shape index (κ3) is 3.94. The molecule has 1 aliphatic heterocycles. The van der Waals surface area contributed by atoms with E-state index in [-0.39, 0.29) is 0 Å². The van der Waals surface area contributed by atoms with Crippen molar-refractivity contribution in [3.8, 4) is 0 Å². The highest BCUT2D eigenvalue weighted by Crippen LogP contribution is 2.46. The number of ether oxygens (including phenoxy) is 1. The topological polar surface area (TPSA) is 38.5 Å². The maximum Gasteiger partial charge on any atom is 0.0462 e. The van der Waals surface area contributed by atoms with Crippen LogP contribution in [0.2, 0.25) is 0 Å². The predicted octanol–water partition coefficient (Wildman–Crippen LogP) is 2.40. The first-order valence-corrected chi connectivity index (χ1v) is 7.71. The molecule has 2 rings (SSSR count). The van der Waals surface area contributed by atoms with Gasteiger partial charge in [0.25, 0.3) is 0 Å². The monoisotopic (exact) mass is 254 g/mol. The maximum absolute atomic E-state index is 6.19. The summed E-state index contributed by atoms with van der Waals surface area (Å²) < 4.78 is 5.08. The Hall–Kier alpha value is -0.120. The minimum Gasteiger partial charge on any atom is -0.385 e. The van der Waals surface area contributed by atoms with E-state index in [2.05, 4.69) is 4.90 Å². The lowest BCUT2D eigenvalue weighted by atomic mass is 9.77. The van der Waals surface area contributed by atoms with Crippen LogP contribution < -0.4 is 5.73 Å². The van der Waals surface area contributed by atoms with Gasteiger partial charge in [0, 0.05) is 26.3 Å². The van der Waals surface area contributed by atoms with Crippen molar-refractivity contribution >= 4 is 0 Å². The number of nitrogens with zero attached hydrogens (tertiary/aromatic N) is 1. The third-order valence-electron chi connectivity index (χ3n) is 5.00. The zero-order valence-corrected chi connectivity index (χ0v) is 12.0. The second-order valence-electron chi connectivity index (χ2n) is 6.40. The first-order chi connectivity index (χ1) is 8.74. The Morgan fingerprint density at radius 3 is 2.44 bits per heavy atom. The van der Waals surface area contributed by atoms with E-state index in [0.29, 0.717) is 6.04 Å². The van der Waals surface area contributed by atoms with Crippen LogP contribution in [-0.4, -0.2) is 44.3 Å². The summed E-state index contributed by atoms with van der Waals surface area (Å²) in [4.78, 5) is 2.58. The zero-order valence-electron chi connectivity index (χ0n) is 12.0.